The number of nitrogens with two attached hydrogens (primary N) is 1. The molecule has 0 bridgehead atoms. The molecule has 1 aromatic carbocycles. The van der Waals surface area contributed by atoms with E-state index in [9.17, 15) is 13.6 Å². The van der Waals surface area contributed by atoms with Crippen LogP contribution in [-0.4, -0.2) is 37.1 Å². The van der Waals surface area contributed by atoms with Gasteiger partial charge in [0, 0.05) is 19.7 Å². The average molecular weight is 272 g/mol. The Morgan fingerprint density at radius 3 is 2.58 bits per heavy atom. The summed E-state index contributed by atoms with van der Waals surface area (Å²) >= 11 is 0. The van der Waals surface area contributed by atoms with Gasteiger partial charge in [0.1, 0.15) is 11.6 Å². The molecule has 0 fully saturated rings. The highest BCUT2D eigenvalue weighted by atomic mass is 19.1. The molecule has 2 N–H and O–H groups in total. The molecule has 1 amide bonds. The molecule has 4 nitrogen and oxygen atoms in total. The predicted molar refractivity (Wildman–Crippen MR) is 68.8 cm³/mol. The van der Waals surface area contributed by atoms with Crippen LogP contribution in [-0.2, 0) is 4.74 Å². The second-order valence-electron chi connectivity index (χ2n) is 4.50. The number of nitrogen functional groups attached to an aromatic ring is 1. The molecule has 106 valence electrons. The zero-order valence-electron chi connectivity index (χ0n) is 11.2. The Kier molecular flexibility index (Phi) is 5.23. The molecule has 0 saturated heterocycles. The van der Waals surface area contributed by atoms with Gasteiger partial charge in [0.25, 0.3) is 5.91 Å². The zero-order chi connectivity index (χ0) is 14.6. The summed E-state index contributed by atoms with van der Waals surface area (Å²) in [5, 5.41) is 0. The maximum absolute atomic E-state index is 13.5. The quantitative estimate of drug-likeness (QED) is 0.835. The maximum atomic E-state index is 13.5. The Labute approximate surface area is 111 Å². The van der Waals surface area contributed by atoms with Crippen LogP contribution in [0.2, 0.25) is 0 Å². The summed E-state index contributed by atoms with van der Waals surface area (Å²) in [6.07, 6.45) is 0.0571. The molecule has 0 saturated carbocycles. The van der Waals surface area contributed by atoms with E-state index in [2.05, 4.69) is 0 Å². The number of rotatable bonds is 5. The normalized spacial score (nSPS) is 10.8. The number of hydrogen-bond donors (Lipinski definition) is 1. The van der Waals surface area contributed by atoms with Crippen LogP contribution in [0.4, 0.5) is 14.5 Å². The summed E-state index contributed by atoms with van der Waals surface area (Å²) in [4.78, 5) is 13.3. The predicted octanol–water partition coefficient (Wildman–Crippen LogP) is 2.04. The fourth-order valence-corrected chi connectivity index (χ4v) is 1.46. The van der Waals surface area contributed by atoms with Crippen LogP contribution >= 0.6 is 0 Å². The first-order chi connectivity index (χ1) is 8.82. The van der Waals surface area contributed by atoms with Gasteiger partial charge in [-0.15, -0.1) is 0 Å². The number of halogens is 2. The van der Waals surface area contributed by atoms with Gasteiger partial charge in [-0.2, -0.15) is 0 Å². The van der Waals surface area contributed by atoms with Crippen LogP contribution in [0.1, 0.15) is 24.2 Å². The monoisotopic (exact) mass is 272 g/mol. The van der Waals surface area contributed by atoms with Gasteiger partial charge in [-0.25, -0.2) is 8.78 Å². The van der Waals surface area contributed by atoms with E-state index >= 15 is 0 Å². The van der Waals surface area contributed by atoms with Crippen molar-refractivity contribution >= 4 is 11.6 Å². The summed E-state index contributed by atoms with van der Waals surface area (Å²) in [6.45, 7) is 4.41. The lowest BCUT2D eigenvalue weighted by molar-refractivity contribution is 0.0529. The van der Waals surface area contributed by atoms with Gasteiger partial charge in [0.15, 0.2) is 0 Å². The lowest BCUT2D eigenvalue weighted by atomic mass is 10.1. The first kappa shape index (κ1) is 15.4. The highest BCUT2D eigenvalue weighted by Crippen LogP contribution is 2.17. The number of carbonyl (C=O) groups excluding carboxylic acids is 1. The standard InChI is InChI=1S/C13H18F2N2O2/c1-8(2)19-5-4-17(3)13(18)9-6-12(16)11(15)7-10(9)14/h6-8H,4-5,16H2,1-3H3. The van der Waals surface area contributed by atoms with Crippen molar-refractivity contribution < 1.29 is 18.3 Å². The third kappa shape index (κ3) is 4.17. The number of likely N-dealkylation sites (N-methyl/N-ethyl adjacent to an activating group) is 1. The molecule has 6 heteroatoms. The maximum Gasteiger partial charge on any atom is 0.256 e. The molecule has 19 heavy (non-hydrogen) atoms. The zero-order valence-corrected chi connectivity index (χ0v) is 11.2. The summed E-state index contributed by atoms with van der Waals surface area (Å²) in [7, 11) is 1.52. The summed E-state index contributed by atoms with van der Waals surface area (Å²) in [6, 6.07) is 1.62. The number of benzene rings is 1. The van der Waals surface area contributed by atoms with E-state index in [0.29, 0.717) is 19.2 Å². The van der Waals surface area contributed by atoms with Crippen LogP contribution in [0.15, 0.2) is 12.1 Å². The number of hydrogen-bond acceptors (Lipinski definition) is 3. The number of ether oxygens (including phenoxy) is 1. The van der Waals surface area contributed by atoms with Crippen LogP contribution in [0.5, 0.6) is 0 Å². The Morgan fingerprint density at radius 2 is 2.00 bits per heavy atom. The molecule has 0 unspecified atom stereocenters. The van der Waals surface area contributed by atoms with E-state index < -0.39 is 17.5 Å². The van der Waals surface area contributed by atoms with Crippen molar-refractivity contribution in [2.24, 2.45) is 0 Å². The van der Waals surface area contributed by atoms with E-state index in [4.69, 9.17) is 10.5 Å². The first-order valence-corrected chi connectivity index (χ1v) is 5.94. The smallest absolute Gasteiger partial charge is 0.256 e. The summed E-state index contributed by atoms with van der Waals surface area (Å²) < 4.78 is 31.8. The summed E-state index contributed by atoms with van der Waals surface area (Å²) in [5.41, 5.74) is 4.83. The number of carbonyl (C=O) groups is 1. The molecular weight excluding hydrogens is 254 g/mol. The molecule has 0 atom stereocenters. The molecule has 0 aliphatic heterocycles. The highest BCUT2D eigenvalue weighted by molar-refractivity contribution is 5.95. The number of anilines is 1. The Morgan fingerprint density at radius 1 is 1.37 bits per heavy atom. The van der Waals surface area contributed by atoms with E-state index in [1.54, 1.807) is 0 Å². The Bertz CT molecular complexity index is 464. The van der Waals surface area contributed by atoms with Gasteiger partial charge >= 0.3 is 0 Å². The molecule has 1 aromatic rings. The Balaban J connectivity index is 2.74. The van der Waals surface area contributed by atoms with Crippen molar-refractivity contribution in [1.82, 2.24) is 4.90 Å². The van der Waals surface area contributed by atoms with Crippen LogP contribution in [0, 0.1) is 11.6 Å². The van der Waals surface area contributed by atoms with Crippen molar-refractivity contribution in [2.75, 3.05) is 25.9 Å². The third-order valence-electron chi connectivity index (χ3n) is 2.54. The third-order valence-corrected chi connectivity index (χ3v) is 2.54. The second kappa shape index (κ2) is 6.47. The first-order valence-electron chi connectivity index (χ1n) is 5.94. The van der Waals surface area contributed by atoms with Gasteiger partial charge in [0.2, 0.25) is 0 Å². The van der Waals surface area contributed by atoms with E-state index in [-0.39, 0.29) is 17.4 Å². The fraction of sp³-hybridized carbons (Fsp3) is 0.462. The molecule has 0 spiro atoms. The van der Waals surface area contributed by atoms with Crippen LogP contribution in [0.25, 0.3) is 0 Å². The van der Waals surface area contributed by atoms with E-state index in [1.807, 2.05) is 13.8 Å². The number of amides is 1. The molecule has 0 aliphatic rings. The lowest BCUT2D eigenvalue weighted by Crippen LogP contribution is -2.31. The topological polar surface area (TPSA) is 55.6 Å². The van der Waals surface area contributed by atoms with Crippen molar-refractivity contribution in [3.8, 4) is 0 Å². The van der Waals surface area contributed by atoms with Gasteiger partial charge in [-0.3, -0.25) is 4.79 Å². The molecule has 0 heterocycles. The minimum absolute atomic E-state index is 0.0571. The largest absolute Gasteiger partial charge is 0.396 e. The lowest BCUT2D eigenvalue weighted by Gasteiger charge is -2.18. The molecule has 0 aromatic heterocycles. The molecule has 1 rings (SSSR count). The van der Waals surface area contributed by atoms with Crippen LogP contribution in [0.3, 0.4) is 0 Å². The van der Waals surface area contributed by atoms with Crippen LogP contribution < -0.4 is 5.73 Å². The van der Waals surface area contributed by atoms with Gasteiger partial charge < -0.3 is 15.4 Å². The van der Waals surface area contributed by atoms with Gasteiger partial charge in [0.05, 0.1) is 24.0 Å². The summed E-state index contributed by atoms with van der Waals surface area (Å²) in [5.74, 6) is -2.36. The van der Waals surface area contributed by atoms with Crippen molar-refractivity contribution in [2.45, 2.75) is 20.0 Å². The van der Waals surface area contributed by atoms with Gasteiger partial charge in [-0.1, -0.05) is 0 Å². The molecule has 0 radical (unpaired) electrons. The average Bonchev–Trinajstić information content (AvgIpc) is 2.32. The minimum atomic E-state index is -0.923. The van der Waals surface area contributed by atoms with E-state index in [1.165, 1.54) is 11.9 Å². The van der Waals surface area contributed by atoms with Crippen molar-refractivity contribution in [3.63, 3.8) is 0 Å². The van der Waals surface area contributed by atoms with Crippen molar-refractivity contribution in [3.05, 3.63) is 29.3 Å². The highest BCUT2D eigenvalue weighted by Gasteiger charge is 2.18. The van der Waals surface area contributed by atoms with Gasteiger partial charge in [-0.05, 0) is 19.9 Å². The van der Waals surface area contributed by atoms with E-state index in [0.717, 1.165) is 6.07 Å². The minimum Gasteiger partial charge on any atom is -0.396 e. The molecule has 0 aliphatic carbocycles. The molecular formula is C13H18F2N2O2. The Hall–Kier alpha value is -1.69. The second-order valence-corrected chi connectivity index (χ2v) is 4.50. The number of nitrogens with zero attached hydrogens (tertiary/aromatic N) is 1. The fourth-order valence-electron chi connectivity index (χ4n) is 1.46. The SMILES string of the molecule is CC(C)OCCN(C)C(=O)c1cc(N)c(F)cc1F. The van der Waals surface area contributed by atoms with Crippen molar-refractivity contribution in [1.29, 1.82) is 0 Å².